The van der Waals surface area contributed by atoms with Crippen LogP contribution < -0.4 is 9.64 Å². The molecular formula is C18H22N2O2S. The molecule has 1 heterocycles. The van der Waals surface area contributed by atoms with Crippen LogP contribution in [-0.4, -0.2) is 17.3 Å². The second-order valence-electron chi connectivity index (χ2n) is 6.34. The normalized spacial score (nSPS) is 11.2. The van der Waals surface area contributed by atoms with Gasteiger partial charge in [0.1, 0.15) is 0 Å². The Kier molecular flexibility index (Phi) is 5.31. The molecule has 2 aromatic rings. The summed E-state index contributed by atoms with van der Waals surface area (Å²) in [5, 5.41) is -0.319. The Bertz CT molecular complexity index is 695. The third kappa shape index (κ3) is 4.48. The van der Waals surface area contributed by atoms with Gasteiger partial charge >= 0.3 is 0 Å². The summed E-state index contributed by atoms with van der Waals surface area (Å²) in [5.74, 6) is 0.525. The Hall–Kier alpha value is -2.01. The number of hydrogen-bond acceptors (Lipinski definition) is 3. The lowest BCUT2D eigenvalue weighted by molar-refractivity contribution is 0.265. The Morgan fingerprint density at radius 3 is 2.52 bits per heavy atom. The number of benzene rings is 1. The molecule has 1 amide bonds. The first-order valence-corrected chi connectivity index (χ1v) is 7.87. The number of amides is 1. The van der Waals surface area contributed by atoms with Crippen molar-refractivity contribution in [3.8, 4) is 5.88 Å². The van der Waals surface area contributed by atoms with Crippen LogP contribution in [-0.2, 0) is 12.0 Å². The molecule has 23 heavy (non-hydrogen) atoms. The first-order valence-electron chi connectivity index (χ1n) is 7.42. The van der Waals surface area contributed by atoms with Gasteiger partial charge in [-0.15, -0.1) is 0 Å². The average Bonchev–Trinajstić information content (AvgIpc) is 2.52. The zero-order chi connectivity index (χ0) is 17.0. The zero-order valence-corrected chi connectivity index (χ0v) is 14.8. The van der Waals surface area contributed by atoms with E-state index in [0.29, 0.717) is 12.4 Å². The molecule has 2 rings (SSSR count). The molecule has 0 saturated heterocycles. The van der Waals surface area contributed by atoms with E-state index >= 15 is 0 Å². The molecule has 0 radical (unpaired) electrons. The molecule has 0 fully saturated rings. The number of pyridine rings is 1. The van der Waals surface area contributed by atoms with E-state index in [-0.39, 0.29) is 10.7 Å². The van der Waals surface area contributed by atoms with Gasteiger partial charge in [-0.2, -0.15) is 0 Å². The number of methoxy groups -OCH3 is 1. The van der Waals surface area contributed by atoms with Gasteiger partial charge in [0.15, 0.2) is 0 Å². The van der Waals surface area contributed by atoms with Gasteiger partial charge in [0.05, 0.1) is 19.3 Å². The Balaban J connectivity index is 2.33. The lowest BCUT2D eigenvalue weighted by atomic mass is 9.87. The number of ether oxygens (including phenoxy) is 1. The van der Waals surface area contributed by atoms with Crippen LogP contribution in [0, 0.1) is 0 Å². The van der Waals surface area contributed by atoms with Crippen LogP contribution >= 0.6 is 12.6 Å². The molecule has 0 aliphatic heterocycles. The third-order valence-corrected chi connectivity index (χ3v) is 3.81. The highest BCUT2D eigenvalue weighted by Crippen LogP contribution is 2.27. The number of rotatable bonds is 4. The first-order chi connectivity index (χ1) is 10.8. The predicted molar refractivity (Wildman–Crippen MR) is 96.5 cm³/mol. The molecule has 0 aliphatic carbocycles. The van der Waals surface area contributed by atoms with E-state index in [4.69, 9.17) is 4.74 Å². The summed E-state index contributed by atoms with van der Waals surface area (Å²) < 4.78 is 5.13. The van der Waals surface area contributed by atoms with Crippen LogP contribution in [0.4, 0.5) is 10.5 Å². The molecule has 122 valence electrons. The molecule has 0 unspecified atom stereocenters. The van der Waals surface area contributed by atoms with Crippen LogP contribution in [0.3, 0.4) is 0 Å². The fourth-order valence-corrected chi connectivity index (χ4v) is 2.42. The Morgan fingerprint density at radius 1 is 1.22 bits per heavy atom. The number of carbonyl (C=O) groups is 1. The van der Waals surface area contributed by atoms with Crippen molar-refractivity contribution in [2.45, 2.75) is 32.7 Å². The zero-order valence-electron chi connectivity index (χ0n) is 13.9. The summed E-state index contributed by atoms with van der Waals surface area (Å²) in [6.07, 6.45) is 0. The van der Waals surface area contributed by atoms with E-state index in [1.165, 1.54) is 0 Å². The number of nitrogens with zero attached hydrogens (tertiary/aromatic N) is 2. The van der Waals surface area contributed by atoms with Crippen LogP contribution in [0.25, 0.3) is 0 Å². The average molecular weight is 330 g/mol. The van der Waals surface area contributed by atoms with Crippen molar-refractivity contribution in [1.82, 2.24) is 4.98 Å². The SMILES string of the molecule is COc1cccc(CN(C(=O)S)c2cccc(C(C)(C)C)c2)n1. The largest absolute Gasteiger partial charge is 0.481 e. The van der Waals surface area contributed by atoms with Gasteiger partial charge in [0, 0.05) is 11.8 Å². The second kappa shape index (κ2) is 7.04. The Morgan fingerprint density at radius 2 is 1.91 bits per heavy atom. The van der Waals surface area contributed by atoms with Gasteiger partial charge in [-0.05, 0) is 29.2 Å². The monoisotopic (exact) mass is 330 g/mol. The van der Waals surface area contributed by atoms with Crippen molar-refractivity contribution in [3.63, 3.8) is 0 Å². The minimum Gasteiger partial charge on any atom is -0.481 e. The van der Waals surface area contributed by atoms with Crippen molar-refractivity contribution in [2.24, 2.45) is 0 Å². The van der Waals surface area contributed by atoms with Crippen molar-refractivity contribution < 1.29 is 9.53 Å². The summed E-state index contributed by atoms with van der Waals surface area (Å²) in [5.41, 5.74) is 2.72. The summed E-state index contributed by atoms with van der Waals surface area (Å²) >= 11 is 4.02. The molecule has 0 saturated carbocycles. The third-order valence-electron chi connectivity index (χ3n) is 3.57. The summed E-state index contributed by atoms with van der Waals surface area (Å²) in [6.45, 7) is 6.76. The van der Waals surface area contributed by atoms with Crippen molar-refractivity contribution in [3.05, 3.63) is 53.7 Å². The van der Waals surface area contributed by atoms with Crippen molar-refractivity contribution in [2.75, 3.05) is 12.0 Å². The second-order valence-corrected chi connectivity index (χ2v) is 6.72. The van der Waals surface area contributed by atoms with Crippen LogP contribution in [0.15, 0.2) is 42.5 Å². The number of carbonyl (C=O) groups excluding carboxylic acids is 1. The van der Waals surface area contributed by atoms with Gasteiger partial charge in [-0.3, -0.25) is 9.69 Å². The number of aromatic nitrogens is 1. The van der Waals surface area contributed by atoms with Gasteiger partial charge in [-0.25, -0.2) is 4.98 Å². The highest BCUT2D eigenvalue weighted by atomic mass is 32.1. The van der Waals surface area contributed by atoms with E-state index < -0.39 is 0 Å². The van der Waals surface area contributed by atoms with Crippen molar-refractivity contribution >= 4 is 23.6 Å². The van der Waals surface area contributed by atoms with Gasteiger partial charge in [0.25, 0.3) is 5.24 Å². The molecule has 1 aromatic carbocycles. The maximum Gasteiger partial charge on any atom is 0.283 e. The van der Waals surface area contributed by atoms with E-state index in [1.54, 1.807) is 18.1 Å². The molecule has 0 atom stereocenters. The lowest BCUT2D eigenvalue weighted by Gasteiger charge is -2.24. The van der Waals surface area contributed by atoms with Crippen LogP contribution in [0.1, 0.15) is 32.0 Å². The summed E-state index contributed by atoms with van der Waals surface area (Å²) in [4.78, 5) is 18.0. The standard InChI is InChI=1S/C18H22N2O2S/c1-18(2,3)13-7-5-9-15(11-13)20(17(21)23)12-14-8-6-10-16(19-14)22-4/h5-11H,12H2,1-4H3,(H,21,23). The smallest absolute Gasteiger partial charge is 0.283 e. The molecule has 0 aliphatic rings. The first kappa shape index (κ1) is 17.3. The molecule has 1 aromatic heterocycles. The number of anilines is 1. The topological polar surface area (TPSA) is 42.4 Å². The molecule has 0 N–H and O–H groups in total. The fourth-order valence-electron chi connectivity index (χ4n) is 2.23. The molecule has 0 spiro atoms. The fraction of sp³-hybridized carbons (Fsp3) is 0.333. The van der Waals surface area contributed by atoms with E-state index in [9.17, 15) is 4.79 Å². The van der Waals surface area contributed by atoms with Gasteiger partial charge in [0.2, 0.25) is 5.88 Å². The van der Waals surface area contributed by atoms with Crippen molar-refractivity contribution in [1.29, 1.82) is 0 Å². The Labute approximate surface area is 142 Å². The van der Waals surface area contributed by atoms with E-state index in [1.807, 2.05) is 30.3 Å². The minimum atomic E-state index is -0.319. The van der Waals surface area contributed by atoms with E-state index in [2.05, 4.69) is 44.5 Å². The number of thiol groups is 1. The maximum atomic E-state index is 12.0. The highest BCUT2D eigenvalue weighted by Gasteiger charge is 2.18. The lowest BCUT2D eigenvalue weighted by Crippen LogP contribution is -2.26. The predicted octanol–water partition coefficient (Wildman–Crippen LogP) is 4.44. The molecule has 4 nitrogen and oxygen atoms in total. The number of hydrogen-bond donors (Lipinski definition) is 1. The highest BCUT2D eigenvalue weighted by molar-refractivity contribution is 7.96. The van der Waals surface area contributed by atoms with Gasteiger partial charge in [-0.1, -0.05) is 51.6 Å². The maximum absolute atomic E-state index is 12.0. The van der Waals surface area contributed by atoms with Crippen LogP contribution in [0.2, 0.25) is 0 Å². The minimum absolute atomic E-state index is 0.00947. The molecule has 0 bridgehead atoms. The molecular weight excluding hydrogens is 308 g/mol. The van der Waals surface area contributed by atoms with Crippen LogP contribution in [0.5, 0.6) is 5.88 Å². The summed E-state index contributed by atoms with van der Waals surface area (Å²) in [7, 11) is 1.57. The summed E-state index contributed by atoms with van der Waals surface area (Å²) in [6, 6.07) is 13.4. The molecule has 5 heteroatoms. The van der Waals surface area contributed by atoms with E-state index in [0.717, 1.165) is 16.9 Å². The van der Waals surface area contributed by atoms with Gasteiger partial charge < -0.3 is 4.74 Å². The quantitative estimate of drug-likeness (QED) is 0.843.